The number of likely N-dealkylation sites (tertiary alicyclic amines) is 1. The molecule has 2 heterocycles. The Labute approximate surface area is 140 Å². The Morgan fingerprint density at radius 3 is 2.83 bits per heavy atom. The van der Waals surface area contributed by atoms with E-state index in [-0.39, 0.29) is 6.03 Å². The van der Waals surface area contributed by atoms with Crippen LogP contribution in [0.25, 0.3) is 10.8 Å². The maximum Gasteiger partial charge on any atom is 0.317 e. The SMILES string of the molecule is O=C(NCc1cccc2ccccc12)N1CC(Cn2ccnn2)C1. The summed E-state index contributed by atoms with van der Waals surface area (Å²) in [6.07, 6.45) is 3.52. The molecule has 2 aromatic carbocycles. The van der Waals surface area contributed by atoms with E-state index in [1.807, 2.05) is 34.0 Å². The van der Waals surface area contributed by atoms with Crippen molar-refractivity contribution in [3.05, 3.63) is 60.4 Å². The fourth-order valence-electron chi connectivity index (χ4n) is 3.18. The van der Waals surface area contributed by atoms with Crippen LogP contribution in [0.15, 0.2) is 54.9 Å². The van der Waals surface area contributed by atoms with E-state index < -0.39 is 0 Å². The van der Waals surface area contributed by atoms with Crippen LogP contribution in [0.4, 0.5) is 4.79 Å². The van der Waals surface area contributed by atoms with Crippen LogP contribution >= 0.6 is 0 Å². The highest BCUT2D eigenvalue weighted by molar-refractivity contribution is 5.86. The van der Waals surface area contributed by atoms with Gasteiger partial charge in [-0.1, -0.05) is 47.7 Å². The lowest BCUT2D eigenvalue weighted by Gasteiger charge is -2.39. The number of fused-ring (bicyclic) bond motifs is 1. The monoisotopic (exact) mass is 321 g/mol. The molecule has 6 nitrogen and oxygen atoms in total. The van der Waals surface area contributed by atoms with Crippen molar-refractivity contribution in [2.75, 3.05) is 13.1 Å². The van der Waals surface area contributed by atoms with Crippen LogP contribution in [0.3, 0.4) is 0 Å². The van der Waals surface area contributed by atoms with Crippen molar-refractivity contribution in [1.82, 2.24) is 25.2 Å². The molecule has 0 bridgehead atoms. The number of hydrogen-bond acceptors (Lipinski definition) is 3. The van der Waals surface area contributed by atoms with Gasteiger partial charge in [0.25, 0.3) is 0 Å². The normalized spacial score (nSPS) is 14.6. The molecule has 1 aliphatic heterocycles. The summed E-state index contributed by atoms with van der Waals surface area (Å²) in [5.41, 5.74) is 1.14. The largest absolute Gasteiger partial charge is 0.334 e. The minimum absolute atomic E-state index is 0.00206. The Balaban J connectivity index is 1.31. The molecule has 1 saturated heterocycles. The van der Waals surface area contributed by atoms with Gasteiger partial charge in [-0.3, -0.25) is 4.68 Å². The molecular formula is C18H19N5O. The van der Waals surface area contributed by atoms with Gasteiger partial charge < -0.3 is 10.2 Å². The summed E-state index contributed by atoms with van der Waals surface area (Å²) in [7, 11) is 0. The molecule has 0 saturated carbocycles. The number of carbonyl (C=O) groups is 1. The second-order valence-electron chi connectivity index (χ2n) is 6.19. The van der Waals surface area contributed by atoms with Gasteiger partial charge >= 0.3 is 6.03 Å². The molecule has 6 heteroatoms. The first-order valence-electron chi connectivity index (χ1n) is 8.13. The second kappa shape index (κ2) is 6.31. The number of carbonyl (C=O) groups excluding carboxylic acids is 1. The zero-order valence-corrected chi connectivity index (χ0v) is 13.3. The predicted molar refractivity (Wildman–Crippen MR) is 91.3 cm³/mol. The molecular weight excluding hydrogens is 302 g/mol. The lowest BCUT2D eigenvalue weighted by molar-refractivity contribution is 0.107. The number of nitrogens with zero attached hydrogens (tertiary/aromatic N) is 4. The fraction of sp³-hybridized carbons (Fsp3) is 0.278. The lowest BCUT2D eigenvalue weighted by atomic mass is 10.0. The van der Waals surface area contributed by atoms with Crippen molar-refractivity contribution in [2.24, 2.45) is 5.92 Å². The Morgan fingerprint density at radius 2 is 2.00 bits per heavy atom. The third-order valence-corrected chi connectivity index (χ3v) is 4.47. The van der Waals surface area contributed by atoms with Gasteiger partial charge in [-0.2, -0.15) is 0 Å². The minimum Gasteiger partial charge on any atom is -0.334 e. The first-order chi connectivity index (χ1) is 11.8. The average Bonchev–Trinajstić information content (AvgIpc) is 3.08. The Morgan fingerprint density at radius 1 is 1.17 bits per heavy atom. The van der Waals surface area contributed by atoms with Crippen molar-refractivity contribution in [2.45, 2.75) is 13.1 Å². The van der Waals surface area contributed by atoms with Crippen molar-refractivity contribution in [1.29, 1.82) is 0 Å². The lowest BCUT2D eigenvalue weighted by Crippen LogP contribution is -2.54. The van der Waals surface area contributed by atoms with Gasteiger partial charge in [0, 0.05) is 38.3 Å². The van der Waals surface area contributed by atoms with Crippen LogP contribution in [0.1, 0.15) is 5.56 Å². The quantitative estimate of drug-likeness (QED) is 0.802. The van der Waals surface area contributed by atoms with Crippen molar-refractivity contribution < 1.29 is 4.79 Å². The highest BCUT2D eigenvalue weighted by Crippen LogP contribution is 2.20. The summed E-state index contributed by atoms with van der Waals surface area (Å²) >= 11 is 0. The van der Waals surface area contributed by atoms with Crippen molar-refractivity contribution in [3.63, 3.8) is 0 Å². The Hall–Kier alpha value is -2.89. The predicted octanol–water partition coefficient (Wildman–Crippen LogP) is 2.27. The van der Waals surface area contributed by atoms with Gasteiger partial charge in [-0.15, -0.1) is 5.10 Å². The third-order valence-electron chi connectivity index (χ3n) is 4.47. The van der Waals surface area contributed by atoms with E-state index in [0.717, 1.165) is 25.2 Å². The number of nitrogens with one attached hydrogen (secondary N) is 1. The number of rotatable bonds is 4. The smallest absolute Gasteiger partial charge is 0.317 e. The van der Waals surface area contributed by atoms with Crippen LogP contribution in [-0.2, 0) is 13.1 Å². The van der Waals surface area contributed by atoms with E-state index in [2.05, 4.69) is 39.9 Å². The topological polar surface area (TPSA) is 63.1 Å². The summed E-state index contributed by atoms with van der Waals surface area (Å²) < 4.78 is 1.82. The summed E-state index contributed by atoms with van der Waals surface area (Å²) in [5, 5.41) is 13.2. The van der Waals surface area contributed by atoms with Gasteiger partial charge in [-0.05, 0) is 16.3 Å². The van der Waals surface area contributed by atoms with Gasteiger partial charge in [-0.25, -0.2) is 4.79 Å². The second-order valence-corrected chi connectivity index (χ2v) is 6.19. The number of aromatic nitrogens is 3. The van der Waals surface area contributed by atoms with Crippen LogP contribution in [0, 0.1) is 5.92 Å². The molecule has 122 valence electrons. The van der Waals surface area contributed by atoms with Gasteiger partial charge in [0.05, 0.1) is 6.20 Å². The summed E-state index contributed by atoms with van der Waals surface area (Å²) in [6.45, 7) is 2.89. The van der Waals surface area contributed by atoms with Gasteiger partial charge in [0.2, 0.25) is 0 Å². The minimum atomic E-state index is -0.00206. The van der Waals surface area contributed by atoms with E-state index in [0.29, 0.717) is 12.5 Å². The standard InChI is InChI=1S/C18H19N5O/c24-18(22-11-14(12-22)13-23-9-8-20-21-23)19-10-16-6-3-5-15-4-1-2-7-17(15)16/h1-9,14H,10-13H2,(H,19,24). The zero-order valence-electron chi connectivity index (χ0n) is 13.3. The number of benzene rings is 2. The zero-order chi connectivity index (χ0) is 16.4. The van der Waals surface area contributed by atoms with E-state index in [4.69, 9.17) is 0 Å². The number of hydrogen-bond donors (Lipinski definition) is 1. The molecule has 3 aromatic rings. The third kappa shape index (κ3) is 2.95. The van der Waals surface area contributed by atoms with Crippen LogP contribution in [-0.4, -0.2) is 39.0 Å². The molecule has 1 fully saturated rings. The molecule has 24 heavy (non-hydrogen) atoms. The van der Waals surface area contributed by atoms with E-state index in [1.165, 1.54) is 10.8 Å². The molecule has 0 radical (unpaired) electrons. The molecule has 0 unspecified atom stereocenters. The highest BCUT2D eigenvalue weighted by Gasteiger charge is 2.30. The van der Waals surface area contributed by atoms with Crippen LogP contribution < -0.4 is 5.32 Å². The van der Waals surface area contributed by atoms with Crippen LogP contribution in [0.5, 0.6) is 0 Å². The number of urea groups is 1. The average molecular weight is 321 g/mol. The first-order valence-corrected chi connectivity index (χ1v) is 8.13. The fourth-order valence-corrected chi connectivity index (χ4v) is 3.18. The molecule has 1 aliphatic rings. The molecule has 0 aliphatic carbocycles. The van der Waals surface area contributed by atoms with E-state index in [1.54, 1.807) is 6.20 Å². The summed E-state index contributed by atoms with van der Waals surface area (Å²) in [5.74, 6) is 0.454. The summed E-state index contributed by atoms with van der Waals surface area (Å²) in [6, 6.07) is 14.4. The van der Waals surface area contributed by atoms with Crippen molar-refractivity contribution in [3.8, 4) is 0 Å². The number of amides is 2. The van der Waals surface area contributed by atoms with E-state index in [9.17, 15) is 4.79 Å². The van der Waals surface area contributed by atoms with E-state index >= 15 is 0 Å². The Bertz CT molecular complexity index is 834. The maximum absolute atomic E-state index is 12.3. The maximum atomic E-state index is 12.3. The van der Waals surface area contributed by atoms with Crippen molar-refractivity contribution >= 4 is 16.8 Å². The molecule has 1 N–H and O–H groups in total. The Kier molecular flexibility index (Phi) is 3.86. The molecule has 0 atom stereocenters. The van der Waals surface area contributed by atoms with Crippen LogP contribution in [0.2, 0.25) is 0 Å². The van der Waals surface area contributed by atoms with Gasteiger partial charge in [0.15, 0.2) is 0 Å². The first kappa shape index (κ1) is 14.7. The molecule has 2 amide bonds. The highest BCUT2D eigenvalue weighted by atomic mass is 16.2. The molecule has 0 spiro atoms. The molecule has 4 rings (SSSR count). The molecule has 1 aromatic heterocycles. The summed E-state index contributed by atoms with van der Waals surface area (Å²) in [4.78, 5) is 14.1. The van der Waals surface area contributed by atoms with Gasteiger partial charge in [0.1, 0.15) is 0 Å².